The molecule has 1 aromatic carbocycles. The molecule has 1 aromatic rings. The Bertz CT molecular complexity index is 745. The molecule has 1 unspecified atom stereocenters. The molecular weight excluding hydrogens is 394 g/mol. The molecule has 2 heterocycles. The van der Waals surface area contributed by atoms with Gasteiger partial charge in [-0.2, -0.15) is 0 Å². The number of anilines is 1. The number of carboxylic acids is 1. The quantitative estimate of drug-likeness (QED) is 0.634. The summed E-state index contributed by atoms with van der Waals surface area (Å²) in [7, 11) is 0. The minimum Gasteiger partial charge on any atom is -0.478 e. The van der Waals surface area contributed by atoms with Gasteiger partial charge in [-0.3, -0.25) is 9.59 Å². The van der Waals surface area contributed by atoms with E-state index in [1.807, 2.05) is 6.08 Å². The van der Waals surface area contributed by atoms with Gasteiger partial charge in [0.15, 0.2) is 0 Å². The van der Waals surface area contributed by atoms with Crippen LogP contribution < -0.4 is 10.6 Å². The van der Waals surface area contributed by atoms with Gasteiger partial charge in [-0.1, -0.05) is 6.08 Å². The molecule has 3 N–H and O–H groups in total. The molecular formula is C21H28ClN3O4. The van der Waals surface area contributed by atoms with Crippen LogP contribution in [0.5, 0.6) is 0 Å². The lowest BCUT2D eigenvalue weighted by molar-refractivity contribution is -0.130. The Morgan fingerprint density at radius 3 is 2.45 bits per heavy atom. The smallest absolute Gasteiger partial charge is 0.335 e. The molecule has 7 nitrogen and oxygen atoms in total. The van der Waals surface area contributed by atoms with Crippen molar-refractivity contribution in [1.82, 2.24) is 10.2 Å². The van der Waals surface area contributed by atoms with Gasteiger partial charge in [0, 0.05) is 18.8 Å². The number of benzene rings is 1. The molecule has 1 atom stereocenters. The minimum atomic E-state index is -1.00. The second kappa shape index (κ2) is 11.0. The van der Waals surface area contributed by atoms with Crippen molar-refractivity contribution in [3.63, 3.8) is 0 Å². The highest BCUT2D eigenvalue weighted by Crippen LogP contribution is 2.20. The molecule has 2 aliphatic rings. The van der Waals surface area contributed by atoms with Crippen molar-refractivity contribution in [2.75, 3.05) is 31.5 Å². The topological polar surface area (TPSA) is 98.7 Å². The predicted molar refractivity (Wildman–Crippen MR) is 113 cm³/mol. The van der Waals surface area contributed by atoms with Crippen LogP contribution in [0.15, 0.2) is 36.4 Å². The van der Waals surface area contributed by atoms with E-state index in [0.29, 0.717) is 24.7 Å². The van der Waals surface area contributed by atoms with Gasteiger partial charge < -0.3 is 20.6 Å². The highest BCUT2D eigenvalue weighted by molar-refractivity contribution is 5.95. The molecule has 158 valence electrons. The first-order valence-electron chi connectivity index (χ1n) is 9.85. The third-order valence-corrected chi connectivity index (χ3v) is 5.40. The summed E-state index contributed by atoms with van der Waals surface area (Å²) in [5.41, 5.74) is 0.734. The van der Waals surface area contributed by atoms with E-state index >= 15 is 0 Å². The fraction of sp³-hybridized carbons (Fsp3) is 0.476. The van der Waals surface area contributed by atoms with Gasteiger partial charge in [0.05, 0.1) is 11.5 Å². The summed E-state index contributed by atoms with van der Waals surface area (Å²) in [6.45, 7) is 3.06. The lowest BCUT2D eigenvalue weighted by Gasteiger charge is -2.31. The number of allylic oxidation sites excluding steroid dienone is 1. The molecule has 2 saturated heterocycles. The number of hydrogen-bond donors (Lipinski definition) is 3. The number of nitrogens with one attached hydrogen (secondary N) is 2. The average molecular weight is 422 g/mol. The number of rotatable bonds is 5. The fourth-order valence-corrected chi connectivity index (χ4v) is 3.69. The monoisotopic (exact) mass is 421 g/mol. The second-order valence-corrected chi connectivity index (χ2v) is 7.44. The number of carboxylic acid groups (broad SMARTS) is 1. The molecule has 0 spiro atoms. The van der Waals surface area contributed by atoms with Crippen LogP contribution in [0.2, 0.25) is 0 Å². The number of nitrogens with zero attached hydrogens (tertiary/aromatic N) is 1. The minimum absolute atomic E-state index is 0. The van der Waals surface area contributed by atoms with Gasteiger partial charge in [0.1, 0.15) is 0 Å². The Morgan fingerprint density at radius 1 is 1.10 bits per heavy atom. The zero-order chi connectivity index (χ0) is 19.9. The summed E-state index contributed by atoms with van der Waals surface area (Å²) in [6.07, 6.45) is 7.31. The Labute approximate surface area is 176 Å². The highest BCUT2D eigenvalue weighted by Gasteiger charge is 2.27. The van der Waals surface area contributed by atoms with Crippen LogP contribution in [0.1, 0.15) is 36.0 Å². The largest absolute Gasteiger partial charge is 0.478 e. The van der Waals surface area contributed by atoms with E-state index in [9.17, 15) is 14.4 Å². The van der Waals surface area contributed by atoms with E-state index in [4.69, 9.17) is 5.11 Å². The number of halogens is 1. The number of carbonyl (C=O) groups excluding carboxylic acids is 2. The highest BCUT2D eigenvalue weighted by atomic mass is 35.5. The first-order chi connectivity index (χ1) is 13.5. The maximum absolute atomic E-state index is 12.6. The van der Waals surface area contributed by atoms with Crippen molar-refractivity contribution in [2.24, 2.45) is 11.8 Å². The predicted octanol–water partition coefficient (Wildman–Crippen LogP) is 2.54. The fourth-order valence-electron chi connectivity index (χ4n) is 3.69. The Morgan fingerprint density at radius 2 is 1.79 bits per heavy atom. The number of aromatic carboxylic acids is 1. The molecule has 0 saturated carbocycles. The van der Waals surface area contributed by atoms with Crippen LogP contribution in [0.3, 0.4) is 0 Å². The van der Waals surface area contributed by atoms with Crippen LogP contribution in [-0.4, -0.2) is 54.0 Å². The molecule has 29 heavy (non-hydrogen) atoms. The van der Waals surface area contributed by atoms with Crippen LogP contribution in [-0.2, 0) is 9.59 Å². The molecule has 8 heteroatoms. The average Bonchev–Trinajstić information content (AvgIpc) is 2.73. The second-order valence-electron chi connectivity index (χ2n) is 7.44. The van der Waals surface area contributed by atoms with Gasteiger partial charge in [0.25, 0.3) is 0 Å². The Balaban J connectivity index is 0.00000300. The van der Waals surface area contributed by atoms with Crippen molar-refractivity contribution in [3.8, 4) is 0 Å². The summed E-state index contributed by atoms with van der Waals surface area (Å²) in [4.78, 5) is 37.7. The number of carbonyl (C=O) groups is 3. The zero-order valence-corrected chi connectivity index (χ0v) is 17.1. The molecule has 3 rings (SSSR count). The van der Waals surface area contributed by atoms with Gasteiger partial charge in [0.2, 0.25) is 11.8 Å². The molecule has 0 radical (unpaired) electrons. The van der Waals surface area contributed by atoms with E-state index in [-0.39, 0.29) is 35.7 Å². The summed E-state index contributed by atoms with van der Waals surface area (Å²) < 4.78 is 0. The zero-order valence-electron chi connectivity index (χ0n) is 16.3. The van der Waals surface area contributed by atoms with Gasteiger partial charge in [-0.05, 0) is 75.0 Å². The van der Waals surface area contributed by atoms with Crippen molar-refractivity contribution >= 4 is 35.9 Å². The number of likely N-dealkylation sites (tertiary alicyclic amines) is 1. The molecule has 0 aromatic heterocycles. The summed E-state index contributed by atoms with van der Waals surface area (Å²) in [5, 5.41) is 15.1. The van der Waals surface area contributed by atoms with E-state index in [1.165, 1.54) is 12.1 Å². The third kappa shape index (κ3) is 6.58. The normalized spacial score (nSPS) is 20.1. The maximum atomic E-state index is 12.6. The van der Waals surface area contributed by atoms with Crippen LogP contribution in [0.4, 0.5) is 5.69 Å². The SMILES string of the molecule is Cl.O=C(O)c1ccc(NC(=O)C2CCCN(C(=O)C=CC3CCNCC3)C2)cc1. The number of hydrogen-bond acceptors (Lipinski definition) is 4. The Kier molecular flexibility index (Phi) is 8.67. The molecule has 2 amide bonds. The van der Waals surface area contributed by atoms with Crippen LogP contribution in [0.25, 0.3) is 0 Å². The van der Waals surface area contributed by atoms with Crippen LogP contribution in [0, 0.1) is 11.8 Å². The first-order valence-corrected chi connectivity index (χ1v) is 9.85. The van der Waals surface area contributed by atoms with Crippen molar-refractivity contribution in [1.29, 1.82) is 0 Å². The van der Waals surface area contributed by atoms with Crippen molar-refractivity contribution in [2.45, 2.75) is 25.7 Å². The Hall–Kier alpha value is -2.38. The molecule has 2 fully saturated rings. The van der Waals surface area contributed by atoms with Gasteiger partial charge in [-0.15, -0.1) is 12.4 Å². The van der Waals surface area contributed by atoms with Gasteiger partial charge in [-0.25, -0.2) is 4.79 Å². The number of amides is 2. The number of piperidine rings is 2. The third-order valence-electron chi connectivity index (χ3n) is 5.40. The summed E-state index contributed by atoms with van der Waals surface area (Å²) in [6, 6.07) is 6.07. The summed E-state index contributed by atoms with van der Waals surface area (Å²) >= 11 is 0. The van der Waals surface area contributed by atoms with Crippen molar-refractivity contribution < 1.29 is 19.5 Å². The van der Waals surface area contributed by atoms with E-state index in [1.54, 1.807) is 23.1 Å². The van der Waals surface area contributed by atoms with Gasteiger partial charge >= 0.3 is 5.97 Å². The molecule has 2 aliphatic heterocycles. The van der Waals surface area contributed by atoms with E-state index in [2.05, 4.69) is 10.6 Å². The van der Waals surface area contributed by atoms with E-state index < -0.39 is 5.97 Å². The lowest BCUT2D eigenvalue weighted by Crippen LogP contribution is -2.43. The lowest BCUT2D eigenvalue weighted by atomic mass is 9.96. The molecule has 0 bridgehead atoms. The summed E-state index contributed by atoms with van der Waals surface area (Å²) in [5.74, 6) is -0.978. The van der Waals surface area contributed by atoms with Crippen LogP contribution >= 0.6 is 12.4 Å². The first kappa shape index (κ1) is 22.9. The standard InChI is InChI=1S/C21H27N3O4.ClH/c25-19(8-3-15-9-11-22-12-10-15)24-13-1-2-17(14-24)20(26)23-18-6-4-16(5-7-18)21(27)28;/h3-8,15,17,22H,1-2,9-14H2,(H,23,26)(H,27,28);1H. The van der Waals surface area contributed by atoms with Crippen molar-refractivity contribution in [3.05, 3.63) is 42.0 Å². The van der Waals surface area contributed by atoms with E-state index in [0.717, 1.165) is 38.8 Å². The molecule has 0 aliphatic carbocycles. The maximum Gasteiger partial charge on any atom is 0.335 e.